The van der Waals surface area contributed by atoms with E-state index in [9.17, 15) is 31.9 Å². The SMILES string of the molecule is CCOc1cc(CN2CC3(CC(N4CCC(C)(C(=O)O)CC4)=NO3)C2)cc(OCC)c1C1CCN(CC(F)(F)C(F)(F)F)CC1. The topological polar surface area (TPSA) is 87.1 Å². The van der Waals surface area contributed by atoms with Crippen molar-refractivity contribution in [2.24, 2.45) is 10.6 Å². The van der Waals surface area contributed by atoms with Crippen LogP contribution in [-0.2, 0) is 16.2 Å². The Kier molecular flexibility index (Phi) is 9.48. The number of halogens is 5. The summed E-state index contributed by atoms with van der Waals surface area (Å²) in [5.74, 6) is -3.45. The molecule has 1 aromatic carbocycles. The van der Waals surface area contributed by atoms with Gasteiger partial charge < -0.3 is 24.3 Å². The molecule has 0 unspecified atom stereocenters. The minimum absolute atomic E-state index is 0.101. The Bertz CT molecular complexity index is 1230. The van der Waals surface area contributed by atoms with Crippen LogP contribution in [0.5, 0.6) is 11.5 Å². The Labute approximate surface area is 260 Å². The standard InChI is InChI=1S/C31H43F5N4O5/c1-4-43-23-14-21(15-24(44-5-2)26(23)22-6-10-38(11-7-22)20-30(32,33)31(34,35)36)17-39-18-29(19-39)16-25(37-45-29)40-12-8-28(3,9-13-40)27(41)42/h14-15,22H,4-13,16-20H2,1-3H3,(H,41,42). The molecule has 0 amide bonds. The van der Waals surface area contributed by atoms with E-state index in [2.05, 4.69) is 15.0 Å². The first-order valence-electron chi connectivity index (χ1n) is 15.7. The Hall–Kier alpha value is -2.87. The number of ether oxygens (including phenoxy) is 2. The van der Waals surface area contributed by atoms with E-state index >= 15 is 0 Å². The van der Waals surface area contributed by atoms with E-state index in [1.165, 1.54) is 4.90 Å². The zero-order valence-electron chi connectivity index (χ0n) is 26.1. The lowest BCUT2D eigenvalue weighted by Gasteiger charge is -2.46. The van der Waals surface area contributed by atoms with Gasteiger partial charge >= 0.3 is 18.1 Å². The number of carboxylic acid groups (broad SMARTS) is 1. The number of benzene rings is 1. The van der Waals surface area contributed by atoms with Crippen molar-refractivity contribution in [3.8, 4) is 11.5 Å². The van der Waals surface area contributed by atoms with Gasteiger partial charge in [0.1, 0.15) is 17.3 Å². The lowest BCUT2D eigenvalue weighted by molar-refractivity contribution is -0.287. The van der Waals surface area contributed by atoms with Crippen LogP contribution in [-0.4, -0.2) is 108 Å². The molecule has 3 saturated heterocycles. The fourth-order valence-electron chi connectivity index (χ4n) is 6.90. The number of likely N-dealkylation sites (tertiary alicyclic amines) is 3. The number of oxime groups is 1. The highest BCUT2D eigenvalue weighted by Crippen LogP contribution is 2.44. The zero-order valence-corrected chi connectivity index (χ0v) is 26.1. The largest absolute Gasteiger partial charge is 0.493 e. The van der Waals surface area contributed by atoms with Gasteiger partial charge in [-0.15, -0.1) is 0 Å². The van der Waals surface area contributed by atoms with Gasteiger partial charge in [0.15, 0.2) is 5.60 Å². The molecule has 0 aliphatic carbocycles. The predicted octanol–water partition coefficient (Wildman–Crippen LogP) is 5.34. The molecule has 0 aromatic heterocycles. The molecule has 0 atom stereocenters. The van der Waals surface area contributed by atoms with Gasteiger partial charge in [-0.05, 0) is 83.2 Å². The van der Waals surface area contributed by atoms with E-state index in [0.717, 1.165) is 17.0 Å². The molecular weight excluding hydrogens is 603 g/mol. The fourth-order valence-corrected chi connectivity index (χ4v) is 6.90. The van der Waals surface area contributed by atoms with Crippen LogP contribution < -0.4 is 9.47 Å². The summed E-state index contributed by atoms with van der Waals surface area (Å²) in [4.78, 5) is 23.1. The molecule has 252 valence electrons. The number of carboxylic acids is 1. The average Bonchev–Trinajstić information content (AvgIpc) is 3.39. The van der Waals surface area contributed by atoms with Crippen LogP contribution in [0.25, 0.3) is 0 Å². The van der Waals surface area contributed by atoms with Gasteiger partial charge in [0.05, 0.1) is 31.6 Å². The summed E-state index contributed by atoms with van der Waals surface area (Å²) < 4.78 is 77.6. The van der Waals surface area contributed by atoms with E-state index in [1.807, 2.05) is 26.0 Å². The lowest BCUT2D eigenvalue weighted by atomic mass is 9.80. The maximum Gasteiger partial charge on any atom is 0.454 e. The minimum atomic E-state index is -5.57. The van der Waals surface area contributed by atoms with Crippen LogP contribution >= 0.6 is 0 Å². The summed E-state index contributed by atoms with van der Waals surface area (Å²) in [6, 6.07) is 3.95. The number of nitrogens with zero attached hydrogens (tertiary/aromatic N) is 4. The summed E-state index contributed by atoms with van der Waals surface area (Å²) >= 11 is 0. The molecule has 1 spiro atoms. The predicted molar refractivity (Wildman–Crippen MR) is 156 cm³/mol. The Morgan fingerprint density at radius 1 is 1.00 bits per heavy atom. The number of carbonyl (C=O) groups is 1. The minimum Gasteiger partial charge on any atom is -0.493 e. The van der Waals surface area contributed by atoms with Crippen molar-refractivity contribution in [2.45, 2.75) is 83.0 Å². The molecular formula is C31H43F5N4O5. The first kappa shape index (κ1) is 33.5. The lowest BCUT2D eigenvalue weighted by Crippen LogP contribution is -2.61. The van der Waals surface area contributed by atoms with E-state index in [0.29, 0.717) is 89.5 Å². The molecule has 5 rings (SSSR count). The first-order valence-corrected chi connectivity index (χ1v) is 15.7. The first-order chi connectivity index (χ1) is 21.2. The van der Waals surface area contributed by atoms with Crippen molar-refractivity contribution in [2.75, 3.05) is 59.0 Å². The van der Waals surface area contributed by atoms with Crippen LogP contribution in [0.3, 0.4) is 0 Å². The van der Waals surface area contributed by atoms with Crippen molar-refractivity contribution in [1.82, 2.24) is 14.7 Å². The third-order valence-electron chi connectivity index (χ3n) is 9.60. The number of hydrogen-bond acceptors (Lipinski definition) is 8. The molecule has 0 saturated carbocycles. The van der Waals surface area contributed by atoms with Gasteiger partial charge in [-0.2, -0.15) is 22.0 Å². The molecule has 4 aliphatic heterocycles. The quantitative estimate of drug-likeness (QED) is 0.342. The smallest absolute Gasteiger partial charge is 0.454 e. The van der Waals surface area contributed by atoms with E-state index < -0.39 is 35.6 Å². The van der Waals surface area contributed by atoms with Gasteiger partial charge in [-0.1, -0.05) is 5.16 Å². The van der Waals surface area contributed by atoms with Gasteiger partial charge in [-0.25, -0.2) is 0 Å². The third-order valence-corrected chi connectivity index (χ3v) is 9.60. The molecule has 1 aromatic rings. The van der Waals surface area contributed by atoms with Crippen LogP contribution in [0, 0.1) is 5.41 Å². The Morgan fingerprint density at radius 3 is 2.09 bits per heavy atom. The molecule has 0 bridgehead atoms. The van der Waals surface area contributed by atoms with Crippen LogP contribution in [0.2, 0.25) is 0 Å². The van der Waals surface area contributed by atoms with Crippen LogP contribution in [0.1, 0.15) is 69.9 Å². The maximum absolute atomic E-state index is 13.7. The second-order valence-corrected chi connectivity index (χ2v) is 13.1. The highest BCUT2D eigenvalue weighted by atomic mass is 19.4. The number of amidine groups is 1. The number of hydrogen-bond donors (Lipinski definition) is 1. The summed E-state index contributed by atoms with van der Waals surface area (Å²) in [5.41, 5.74) is 0.711. The average molecular weight is 647 g/mol. The van der Waals surface area contributed by atoms with Crippen LogP contribution in [0.15, 0.2) is 17.3 Å². The molecule has 4 aliphatic rings. The number of aliphatic carboxylic acids is 1. The fraction of sp³-hybridized carbons (Fsp3) is 0.742. The van der Waals surface area contributed by atoms with Crippen molar-refractivity contribution < 1.29 is 46.2 Å². The van der Waals surface area contributed by atoms with Gasteiger partial charge in [0.2, 0.25) is 0 Å². The normalized spacial score (nSPS) is 22.6. The molecule has 0 radical (unpaired) electrons. The maximum atomic E-state index is 13.7. The monoisotopic (exact) mass is 646 g/mol. The van der Waals surface area contributed by atoms with Gasteiger partial charge in [-0.3, -0.25) is 14.6 Å². The molecule has 14 heteroatoms. The number of piperidine rings is 2. The number of rotatable bonds is 10. The highest BCUT2D eigenvalue weighted by Gasteiger charge is 2.58. The van der Waals surface area contributed by atoms with Crippen molar-refractivity contribution in [1.29, 1.82) is 0 Å². The molecule has 9 nitrogen and oxygen atoms in total. The summed E-state index contributed by atoms with van der Waals surface area (Å²) in [6.45, 7) is 8.48. The van der Waals surface area contributed by atoms with Crippen molar-refractivity contribution in [3.05, 3.63) is 23.3 Å². The van der Waals surface area contributed by atoms with E-state index in [-0.39, 0.29) is 19.0 Å². The van der Waals surface area contributed by atoms with Crippen molar-refractivity contribution in [3.63, 3.8) is 0 Å². The summed E-state index contributed by atoms with van der Waals surface area (Å²) in [7, 11) is 0. The Morgan fingerprint density at radius 2 is 1.58 bits per heavy atom. The molecule has 4 heterocycles. The van der Waals surface area contributed by atoms with Gasteiger partial charge in [0, 0.05) is 38.3 Å². The zero-order chi connectivity index (χ0) is 32.6. The third kappa shape index (κ3) is 7.11. The van der Waals surface area contributed by atoms with E-state index in [1.54, 1.807) is 6.92 Å². The number of alkyl halides is 5. The second kappa shape index (κ2) is 12.7. The highest BCUT2D eigenvalue weighted by molar-refractivity contribution is 5.85. The summed E-state index contributed by atoms with van der Waals surface area (Å²) in [5, 5.41) is 13.9. The van der Waals surface area contributed by atoms with E-state index in [4.69, 9.17) is 14.3 Å². The van der Waals surface area contributed by atoms with Gasteiger partial charge in [0.25, 0.3) is 0 Å². The molecule has 45 heavy (non-hydrogen) atoms. The molecule has 1 N–H and O–H groups in total. The Balaban J connectivity index is 1.20. The van der Waals surface area contributed by atoms with Crippen molar-refractivity contribution >= 4 is 11.8 Å². The second-order valence-electron chi connectivity index (χ2n) is 13.1. The van der Waals surface area contributed by atoms with Crippen LogP contribution in [0.4, 0.5) is 22.0 Å². The molecule has 3 fully saturated rings. The summed E-state index contributed by atoms with van der Waals surface area (Å²) in [6.07, 6.45) is -2.95.